The highest BCUT2D eigenvalue weighted by Gasteiger charge is 2.24. The lowest BCUT2D eigenvalue weighted by atomic mass is 10.1. The maximum Gasteiger partial charge on any atom is 0.321 e. The van der Waals surface area contributed by atoms with Gasteiger partial charge < -0.3 is 9.88 Å². The number of aromatic nitrogens is 3. The zero-order valence-corrected chi connectivity index (χ0v) is 15.8. The number of carbonyl (C=O) groups is 2. The molecule has 144 valence electrons. The molecule has 1 aliphatic carbocycles. The van der Waals surface area contributed by atoms with E-state index in [-0.39, 0.29) is 12.1 Å². The minimum Gasteiger partial charge on any atom is -0.341 e. The Labute approximate surface area is 161 Å². The lowest BCUT2D eigenvalue weighted by Gasteiger charge is -2.14. The molecule has 8 heteroatoms. The Balaban J connectivity index is 1.85. The predicted molar refractivity (Wildman–Crippen MR) is 104 cm³/mol. The van der Waals surface area contributed by atoms with E-state index in [0.29, 0.717) is 23.3 Å². The van der Waals surface area contributed by atoms with E-state index < -0.39 is 11.9 Å². The topological polar surface area (TPSA) is 97.5 Å². The Morgan fingerprint density at radius 2 is 2.04 bits per heavy atom. The van der Waals surface area contributed by atoms with E-state index in [1.165, 1.54) is 11.6 Å². The third kappa shape index (κ3) is 3.06. The van der Waals surface area contributed by atoms with E-state index in [9.17, 15) is 14.4 Å². The summed E-state index contributed by atoms with van der Waals surface area (Å²) >= 11 is 0. The summed E-state index contributed by atoms with van der Waals surface area (Å²) in [7, 11) is 1.45. The normalized spacial score (nSPS) is 12.8. The second kappa shape index (κ2) is 6.95. The molecule has 1 aromatic carbocycles. The minimum absolute atomic E-state index is 0.0571. The second-order valence-corrected chi connectivity index (χ2v) is 6.97. The number of aryl methyl sites for hydroxylation is 1. The van der Waals surface area contributed by atoms with Gasteiger partial charge in [-0.15, -0.1) is 0 Å². The van der Waals surface area contributed by atoms with Gasteiger partial charge in [0.05, 0.1) is 5.69 Å². The largest absolute Gasteiger partial charge is 0.341 e. The molecule has 3 amide bonds. The number of hydrogen-bond acceptors (Lipinski definition) is 4. The van der Waals surface area contributed by atoms with Crippen LogP contribution in [-0.4, -0.2) is 33.2 Å². The van der Waals surface area contributed by atoms with Crippen molar-refractivity contribution >= 4 is 17.6 Å². The fourth-order valence-electron chi connectivity index (χ4n) is 3.73. The molecule has 0 radical (unpaired) electrons. The molecule has 3 aromatic rings. The fourth-order valence-corrected chi connectivity index (χ4v) is 3.73. The van der Waals surface area contributed by atoms with Crippen molar-refractivity contribution in [3.8, 4) is 11.3 Å². The molecule has 0 bridgehead atoms. The molecule has 4 rings (SSSR count). The Morgan fingerprint density at radius 3 is 2.79 bits per heavy atom. The summed E-state index contributed by atoms with van der Waals surface area (Å²) in [5.41, 5.74) is 4.63. The molecule has 2 aromatic heterocycles. The van der Waals surface area contributed by atoms with Crippen LogP contribution in [0.3, 0.4) is 0 Å². The first-order valence-electron chi connectivity index (χ1n) is 9.21. The molecular weight excluding hydrogens is 358 g/mol. The summed E-state index contributed by atoms with van der Waals surface area (Å²) < 4.78 is 3.17. The third-order valence-corrected chi connectivity index (χ3v) is 5.03. The number of nitrogens with one attached hydrogen (secondary N) is 2. The van der Waals surface area contributed by atoms with Crippen LogP contribution in [-0.2, 0) is 24.2 Å². The van der Waals surface area contributed by atoms with E-state index in [2.05, 4.69) is 15.7 Å². The van der Waals surface area contributed by atoms with Crippen LogP contribution in [0.25, 0.3) is 16.9 Å². The first-order chi connectivity index (χ1) is 13.5. The van der Waals surface area contributed by atoms with Crippen molar-refractivity contribution in [3.63, 3.8) is 0 Å². The van der Waals surface area contributed by atoms with E-state index in [1.54, 1.807) is 4.57 Å². The predicted octanol–water partition coefficient (Wildman–Crippen LogP) is 1.42. The number of fused-ring (bicyclic) bond motifs is 2. The summed E-state index contributed by atoms with van der Waals surface area (Å²) in [6, 6.07) is 9.14. The second-order valence-electron chi connectivity index (χ2n) is 6.97. The SMILES string of the molecule is CNC(=O)NC(=O)Cn1c2c(c(=O)n3nc(-c4cccc(C)c4)cc13)CCC2. The number of benzene rings is 1. The Kier molecular flexibility index (Phi) is 4.46. The van der Waals surface area contributed by atoms with Crippen molar-refractivity contribution in [2.45, 2.75) is 32.7 Å². The van der Waals surface area contributed by atoms with Gasteiger partial charge in [0.15, 0.2) is 0 Å². The standard InChI is InChI=1S/C20H21N5O3/c1-12-5-3-6-13(9-12)15-10-18-24(11-17(26)22-20(28)21-2)16-8-4-7-14(16)19(27)25(18)23-15/h3,5-6,9-10H,4,7-8,11H2,1-2H3,(H2,21,22,26,28). The number of imide groups is 1. The van der Waals surface area contributed by atoms with Crippen LogP contribution in [0.5, 0.6) is 0 Å². The smallest absolute Gasteiger partial charge is 0.321 e. The molecule has 0 saturated heterocycles. The van der Waals surface area contributed by atoms with Crippen molar-refractivity contribution in [1.82, 2.24) is 24.8 Å². The van der Waals surface area contributed by atoms with Crippen LogP contribution in [0.1, 0.15) is 23.2 Å². The molecule has 0 unspecified atom stereocenters. The maximum absolute atomic E-state index is 12.9. The van der Waals surface area contributed by atoms with Crippen molar-refractivity contribution in [1.29, 1.82) is 0 Å². The van der Waals surface area contributed by atoms with Gasteiger partial charge in [-0.25, -0.2) is 4.79 Å². The lowest BCUT2D eigenvalue weighted by Crippen LogP contribution is -2.40. The molecule has 0 spiro atoms. The van der Waals surface area contributed by atoms with Crippen molar-refractivity contribution < 1.29 is 9.59 Å². The van der Waals surface area contributed by atoms with Crippen LogP contribution in [0.4, 0.5) is 4.79 Å². The molecule has 0 atom stereocenters. The Morgan fingerprint density at radius 1 is 1.21 bits per heavy atom. The van der Waals surface area contributed by atoms with Crippen LogP contribution in [0, 0.1) is 6.92 Å². The van der Waals surface area contributed by atoms with E-state index in [0.717, 1.165) is 29.7 Å². The van der Waals surface area contributed by atoms with Crippen LogP contribution in [0.2, 0.25) is 0 Å². The number of carbonyl (C=O) groups excluding carboxylic acids is 2. The monoisotopic (exact) mass is 379 g/mol. The van der Waals surface area contributed by atoms with Crippen molar-refractivity contribution in [3.05, 3.63) is 57.5 Å². The van der Waals surface area contributed by atoms with Gasteiger partial charge in [-0.3, -0.25) is 14.9 Å². The van der Waals surface area contributed by atoms with Gasteiger partial charge in [-0.2, -0.15) is 9.61 Å². The molecule has 0 saturated carbocycles. The average Bonchev–Trinajstić information content (AvgIpc) is 3.33. The maximum atomic E-state index is 12.9. The average molecular weight is 379 g/mol. The zero-order valence-electron chi connectivity index (χ0n) is 15.8. The molecule has 0 fully saturated rings. The fraction of sp³-hybridized carbons (Fsp3) is 0.300. The summed E-state index contributed by atoms with van der Waals surface area (Å²) in [6.07, 6.45) is 2.25. The van der Waals surface area contributed by atoms with Gasteiger partial charge in [0.2, 0.25) is 5.91 Å². The molecule has 2 N–H and O–H groups in total. The lowest BCUT2D eigenvalue weighted by molar-refractivity contribution is -0.120. The highest BCUT2D eigenvalue weighted by molar-refractivity contribution is 5.94. The van der Waals surface area contributed by atoms with Crippen molar-refractivity contribution in [2.75, 3.05) is 7.05 Å². The molecule has 2 heterocycles. The first kappa shape index (κ1) is 18.0. The quantitative estimate of drug-likeness (QED) is 0.719. The number of rotatable bonds is 3. The van der Waals surface area contributed by atoms with Gasteiger partial charge in [0, 0.05) is 29.9 Å². The Bertz CT molecular complexity index is 1160. The van der Waals surface area contributed by atoms with Gasteiger partial charge in [0.1, 0.15) is 12.2 Å². The summed E-state index contributed by atoms with van der Waals surface area (Å²) in [5, 5.41) is 9.16. The Hall–Kier alpha value is -3.42. The van der Waals surface area contributed by atoms with E-state index in [4.69, 9.17) is 0 Å². The van der Waals surface area contributed by atoms with Gasteiger partial charge in [0.25, 0.3) is 5.56 Å². The molecule has 0 aliphatic heterocycles. The minimum atomic E-state index is -0.562. The van der Waals surface area contributed by atoms with Crippen molar-refractivity contribution in [2.24, 2.45) is 0 Å². The first-order valence-corrected chi connectivity index (χ1v) is 9.21. The highest BCUT2D eigenvalue weighted by atomic mass is 16.2. The molecule has 28 heavy (non-hydrogen) atoms. The number of hydrogen-bond donors (Lipinski definition) is 2. The third-order valence-electron chi connectivity index (χ3n) is 5.03. The molecular formula is C20H21N5O3. The summed E-state index contributed by atoms with van der Waals surface area (Å²) in [4.78, 5) is 36.7. The number of urea groups is 1. The summed E-state index contributed by atoms with van der Waals surface area (Å²) in [5.74, 6) is -0.447. The van der Waals surface area contributed by atoms with Gasteiger partial charge in [-0.05, 0) is 32.3 Å². The van der Waals surface area contributed by atoms with E-state index in [1.807, 2.05) is 37.3 Å². The number of amides is 3. The van der Waals surface area contributed by atoms with Gasteiger partial charge >= 0.3 is 6.03 Å². The highest BCUT2D eigenvalue weighted by Crippen LogP contribution is 2.25. The van der Waals surface area contributed by atoms with Crippen LogP contribution in [0.15, 0.2) is 35.1 Å². The summed E-state index contributed by atoms with van der Waals surface area (Å²) in [6.45, 7) is 1.94. The van der Waals surface area contributed by atoms with Crippen LogP contribution < -0.4 is 16.2 Å². The van der Waals surface area contributed by atoms with Gasteiger partial charge in [-0.1, -0.05) is 23.8 Å². The van der Waals surface area contributed by atoms with E-state index >= 15 is 0 Å². The number of nitrogens with zero attached hydrogens (tertiary/aromatic N) is 3. The molecule has 8 nitrogen and oxygen atoms in total. The van der Waals surface area contributed by atoms with Crippen LogP contribution >= 0.6 is 0 Å². The molecule has 1 aliphatic rings. The zero-order chi connectivity index (χ0) is 19.8.